The van der Waals surface area contributed by atoms with E-state index in [4.69, 9.17) is 5.73 Å². The van der Waals surface area contributed by atoms with E-state index < -0.39 is 0 Å². The summed E-state index contributed by atoms with van der Waals surface area (Å²) in [7, 11) is 2.10. The zero-order valence-electron chi connectivity index (χ0n) is 11.8. The lowest BCUT2D eigenvalue weighted by Crippen LogP contribution is -2.23. The SMILES string of the molecule is Cc1cc(CCN)cnc1N(C)C(C)c1cccs1. The molecule has 2 N–H and O–H groups in total. The topological polar surface area (TPSA) is 42.1 Å². The zero-order chi connectivity index (χ0) is 13.8. The molecule has 0 aliphatic rings. The number of rotatable bonds is 5. The van der Waals surface area contributed by atoms with Gasteiger partial charge in [0.05, 0.1) is 6.04 Å². The fraction of sp³-hybridized carbons (Fsp3) is 0.400. The molecular weight excluding hydrogens is 254 g/mol. The van der Waals surface area contributed by atoms with Crippen LogP contribution in [0.25, 0.3) is 0 Å². The molecule has 0 spiro atoms. The summed E-state index contributed by atoms with van der Waals surface area (Å²) in [5, 5.41) is 2.12. The second-order valence-electron chi connectivity index (χ2n) is 4.83. The van der Waals surface area contributed by atoms with Crippen LogP contribution in [0, 0.1) is 6.92 Å². The van der Waals surface area contributed by atoms with E-state index >= 15 is 0 Å². The number of anilines is 1. The number of nitrogens with zero attached hydrogens (tertiary/aromatic N) is 2. The first-order valence-corrected chi connectivity index (χ1v) is 7.43. The van der Waals surface area contributed by atoms with Crippen molar-refractivity contribution in [3.8, 4) is 0 Å². The molecule has 0 bridgehead atoms. The van der Waals surface area contributed by atoms with Crippen LogP contribution in [0.15, 0.2) is 29.8 Å². The molecule has 0 saturated heterocycles. The Balaban J connectivity index is 2.21. The predicted molar refractivity (Wildman–Crippen MR) is 82.9 cm³/mol. The third-order valence-corrected chi connectivity index (χ3v) is 4.45. The van der Waals surface area contributed by atoms with Crippen LogP contribution in [0.5, 0.6) is 0 Å². The van der Waals surface area contributed by atoms with Gasteiger partial charge in [0.15, 0.2) is 0 Å². The van der Waals surface area contributed by atoms with Crippen LogP contribution < -0.4 is 10.6 Å². The van der Waals surface area contributed by atoms with Crippen molar-refractivity contribution in [3.05, 3.63) is 45.8 Å². The predicted octanol–water partition coefficient (Wildman–Crippen LogP) is 3.15. The number of nitrogens with two attached hydrogens (primary N) is 1. The van der Waals surface area contributed by atoms with Crippen molar-refractivity contribution >= 4 is 17.2 Å². The summed E-state index contributed by atoms with van der Waals surface area (Å²) in [5.74, 6) is 1.04. The van der Waals surface area contributed by atoms with Gasteiger partial charge in [-0.05, 0) is 49.4 Å². The molecule has 19 heavy (non-hydrogen) atoms. The molecule has 2 aromatic rings. The van der Waals surface area contributed by atoms with Gasteiger partial charge in [-0.2, -0.15) is 0 Å². The second kappa shape index (κ2) is 6.17. The van der Waals surface area contributed by atoms with Crippen molar-refractivity contribution < 1.29 is 0 Å². The maximum Gasteiger partial charge on any atom is 0.131 e. The van der Waals surface area contributed by atoms with E-state index in [0.29, 0.717) is 12.6 Å². The van der Waals surface area contributed by atoms with Crippen molar-refractivity contribution in [1.82, 2.24) is 4.98 Å². The molecule has 1 atom stereocenters. The van der Waals surface area contributed by atoms with Gasteiger partial charge in [-0.3, -0.25) is 0 Å². The summed E-state index contributed by atoms with van der Waals surface area (Å²) < 4.78 is 0. The number of hydrogen-bond acceptors (Lipinski definition) is 4. The Kier molecular flexibility index (Phi) is 4.56. The molecule has 0 aliphatic carbocycles. The molecule has 2 rings (SSSR count). The third-order valence-electron chi connectivity index (χ3n) is 3.41. The number of aromatic nitrogens is 1. The lowest BCUT2D eigenvalue weighted by Gasteiger charge is -2.26. The minimum atomic E-state index is 0.339. The maximum absolute atomic E-state index is 5.58. The van der Waals surface area contributed by atoms with Gasteiger partial charge in [-0.25, -0.2) is 4.98 Å². The highest BCUT2D eigenvalue weighted by Gasteiger charge is 2.16. The Morgan fingerprint density at radius 1 is 1.47 bits per heavy atom. The monoisotopic (exact) mass is 275 g/mol. The quantitative estimate of drug-likeness (QED) is 0.911. The van der Waals surface area contributed by atoms with Crippen LogP contribution in [-0.2, 0) is 6.42 Å². The number of thiophene rings is 1. The van der Waals surface area contributed by atoms with Crippen molar-refractivity contribution in [1.29, 1.82) is 0 Å². The summed E-state index contributed by atoms with van der Waals surface area (Å²) in [5.41, 5.74) is 8.00. The van der Waals surface area contributed by atoms with Crippen molar-refractivity contribution in [3.63, 3.8) is 0 Å². The molecule has 3 nitrogen and oxygen atoms in total. The first-order valence-electron chi connectivity index (χ1n) is 6.55. The first kappa shape index (κ1) is 14.0. The Bertz CT molecular complexity index is 522. The molecule has 4 heteroatoms. The third kappa shape index (κ3) is 3.14. The highest BCUT2D eigenvalue weighted by Crippen LogP contribution is 2.28. The van der Waals surface area contributed by atoms with E-state index in [1.165, 1.54) is 16.0 Å². The van der Waals surface area contributed by atoms with E-state index in [1.54, 1.807) is 11.3 Å². The van der Waals surface area contributed by atoms with Gasteiger partial charge in [0, 0.05) is 18.1 Å². The van der Waals surface area contributed by atoms with E-state index in [-0.39, 0.29) is 0 Å². The summed E-state index contributed by atoms with van der Waals surface area (Å²) in [6.45, 7) is 4.99. The van der Waals surface area contributed by atoms with Crippen LogP contribution >= 0.6 is 11.3 Å². The van der Waals surface area contributed by atoms with Gasteiger partial charge >= 0.3 is 0 Å². The second-order valence-corrected chi connectivity index (χ2v) is 5.80. The molecule has 0 aromatic carbocycles. The van der Waals surface area contributed by atoms with Crippen LogP contribution in [0.1, 0.15) is 29.0 Å². The Labute approximate surface area is 119 Å². The number of aryl methyl sites for hydroxylation is 1. The molecule has 0 aliphatic heterocycles. The van der Waals surface area contributed by atoms with Gasteiger partial charge in [-0.15, -0.1) is 11.3 Å². The van der Waals surface area contributed by atoms with E-state index in [0.717, 1.165) is 12.2 Å². The van der Waals surface area contributed by atoms with Crippen LogP contribution in [0.3, 0.4) is 0 Å². The van der Waals surface area contributed by atoms with Gasteiger partial charge in [0.2, 0.25) is 0 Å². The summed E-state index contributed by atoms with van der Waals surface area (Å²) >= 11 is 1.79. The molecule has 102 valence electrons. The van der Waals surface area contributed by atoms with E-state index in [9.17, 15) is 0 Å². The lowest BCUT2D eigenvalue weighted by atomic mass is 10.1. The molecule has 2 aromatic heterocycles. The lowest BCUT2D eigenvalue weighted by molar-refractivity contribution is 0.738. The molecular formula is C15H21N3S. The maximum atomic E-state index is 5.58. The first-order chi connectivity index (χ1) is 9.13. The highest BCUT2D eigenvalue weighted by atomic mass is 32.1. The minimum Gasteiger partial charge on any atom is -0.352 e. The number of hydrogen-bond donors (Lipinski definition) is 1. The van der Waals surface area contributed by atoms with Gasteiger partial charge < -0.3 is 10.6 Å². The Hall–Kier alpha value is -1.39. The van der Waals surface area contributed by atoms with E-state index in [1.807, 2.05) is 6.20 Å². The van der Waals surface area contributed by atoms with Gasteiger partial charge in [0.25, 0.3) is 0 Å². The summed E-state index contributed by atoms with van der Waals surface area (Å²) in [4.78, 5) is 8.19. The minimum absolute atomic E-state index is 0.339. The molecule has 0 saturated carbocycles. The van der Waals surface area contributed by atoms with Crippen LogP contribution in [0.4, 0.5) is 5.82 Å². The fourth-order valence-corrected chi connectivity index (χ4v) is 3.03. The average Bonchev–Trinajstić information content (AvgIpc) is 2.91. The Morgan fingerprint density at radius 3 is 2.84 bits per heavy atom. The smallest absolute Gasteiger partial charge is 0.131 e. The largest absolute Gasteiger partial charge is 0.352 e. The highest BCUT2D eigenvalue weighted by molar-refractivity contribution is 7.10. The van der Waals surface area contributed by atoms with Gasteiger partial charge in [-0.1, -0.05) is 12.1 Å². The standard InChI is InChI=1S/C15H21N3S/c1-11-9-13(6-7-16)10-17-15(11)18(3)12(2)14-5-4-8-19-14/h4-5,8-10,12H,6-7,16H2,1-3H3. The zero-order valence-corrected chi connectivity index (χ0v) is 12.6. The molecule has 0 radical (unpaired) electrons. The van der Waals surface area contributed by atoms with E-state index in [2.05, 4.69) is 54.4 Å². The average molecular weight is 275 g/mol. The summed E-state index contributed by atoms with van der Waals surface area (Å²) in [6, 6.07) is 6.79. The van der Waals surface area contributed by atoms with Crippen molar-refractivity contribution in [2.75, 3.05) is 18.5 Å². The fourth-order valence-electron chi connectivity index (χ4n) is 2.20. The molecule has 0 fully saturated rings. The van der Waals surface area contributed by atoms with Crippen LogP contribution in [-0.4, -0.2) is 18.6 Å². The molecule has 0 amide bonds. The Morgan fingerprint density at radius 2 is 2.26 bits per heavy atom. The molecule has 1 unspecified atom stereocenters. The van der Waals surface area contributed by atoms with Crippen molar-refractivity contribution in [2.24, 2.45) is 5.73 Å². The van der Waals surface area contributed by atoms with Crippen molar-refractivity contribution in [2.45, 2.75) is 26.3 Å². The normalized spacial score (nSPS) is 12.4. The molecule has 2 heterocycles. The van der Waals surface area contributed by atoms with Crippen LogP contribution in [0.2, 0.25) is 0 Å². The number of pyridine rings is 1. The summed E-state index contributed by atoms with van der Waals surface area (Å²) in [6.07, 6.45) is 2.82. The van der Waals surface area contributed by atoms with Gasteiger partial charge in [0.1, 0.15) is 5.82 Å².